The van der Waals surface area contributed by atoms with Gasteiger partial charge in [0.1, 0.15) is 17.8 Å². The number of hydrogen-bond acceptors (Lipinski definition) is 3. The minimum atomic E-state index is -0.278. The molecule has 0 bridgehead atoms. The van der Waals surface area contributed by atoms with Crippen molar-refractivity contribution in [3.05, 3.63) is 52.1 Å². The van der Waals surface area contributed by atoms with Gasteiger partial charge >= 0.3 is 0 Å². The Bertz CT molecular complexity index is 621. The molecule has 1 heterocycles. The molecule has 0 radical (unpaired) electrons. The normalized spacial score (nSPS) is 11.0. The van der Waals surface area contributed by atoms with Crippen LogP contribution < -0.4 is 5.32 Å². The summed E-state index contributed by atoms with van der Waals surface area (Å²) in [5.41, 5.74) is 1.65. The summed E-state index contributed by atoms with van der Waals surface area (Å²) >= 11 is 3.14. The summed E-state index contributed by atoms with van der Waals surface area (Å²) in [6.45, 7) is 1.06. The maximum Gasteiger partial charge on any atom is 0.194 e. The Morgan fingerprint density at radius 3 is 2.82 bits per heavy atom. The van der Waals surface area contributed by atoms with Gasteiger partial charge in [-0.05, 0) is 33.6 Å². The van der Waals surface area contributed by atoms with Crippen LogP contribution in [0.1, 0.15) is 11.3 Å². The van der Waals surface area contributed by atoms with Gasteiger partial charge in [0, 0.05) is 26.7 Å². The molecule has 120 valence electrons. The molecule has 0 spiro atoms. The lowest BCUT2D eigenvalue weighted by Gasteiger charge is -2.21. The van der Waals surface area contributed by atoms with E-state index in [1.807, 2.05) is 18.0 Å². The van der Waals surface area contributed by atoms with E-state index in [9.17, 15) is 4.39 Å². The Morgan fingerprint density at radius 2 is 2.23 bits per heavy atom. The van der Waals surface area contributed by atoms with Crippen molar-refractivity contribution in [2.45, 2.75) is 13.1 Å². The summed E-state index contributed by atoms with van der Waals surface area (Å²) in [4.78, 5) is 6.10. The fourth-order valence-electron chi connectivity index (χ4n) is 1.85. The van der Waals surface area contributed by atoms with Gasteiger partial charge in [-0.2, -0.15) is 0 Å². The minimum Gasteiger partial charge on any atom is -0.364 e. The molecule has 0 saturated carbocycles. The Morgan fingerprint density at radius 1 is 1.45 bits per heavy atom. The average molecular weight is 483 g/mol. The first-order chi connectivity index (χ1) is 10.1. The van der Waals surface area contributed by atoms with Crippen LogP contribution in [0, 0.1) is 5.82 Å². The Balaban J connectivity index is 0.00000242. The third kappa shape index (κ3) is 5.24. The molecule has 5 nitrogen and oxygen atoms in total. The van der Waals surface area contributed by atoms with Crippen LogP contribution in [0.2, 0.25) is 0 Å². The monoisotopic (exact) mass is 482 g/mol. The molecular formula is C14H17BrFIN4O. The maximum atomic E-state index is 13.5. The molecule has 22 heavy (non-hydrogen) atoms. The van der Waals surface area contributed by atoms with Crippen LogP contribution in [0.5, 0.6) is 0 Å². The van der Waals surface area contributed by atoms with Crippen LogP contribution in [0.15, 0.2) is 44.5 Å². The van der Waals surface area contributed by atoms with Gasteiger partial charge in [0.2, 0.25) is 0 Å². The molecular weight excluding hydrogens is 466 g/mol. The lowest BCUT2D eigenvalue weighted by Crippen LogP contribution is -2.38. The predicted octanol–water partition coefficient (Wildman–Crippen LogP) is 3.40. The highest BCUT2D eigenvalue weighted by molar-refractivity contribution is 14.0. The summed E-state index contributed by atoms with van der Waals surface area (Å²) < 4.78 is 18.7. The largest absolute Gasteiger partial charge is 0.364 e. The first-order valence-electron chi connectivity index (χ1n) is 6.35. The van der Waals surface area contributed by atoms with Crippen LogP contribution >= 0.6 is 39.9 Å². The summed E-state index contributed by atoms with van der Waals surface area (Å²) in [6, 6.07) is 6.83. The van der Waals surface area contributed by atoms with Gasteiger partial charge in [-0.25, -0.2) is 4.39 Å². The topological polar surface area (TPSA) is 53.7 Å². The van der Waals surface area contributed by atoms with Gasteiger partial charge < -0.3 is 14.7 Å². The number of guanidine groups is 1. The number of hydrogen-bond donors (Lipinski definition) is 1. The lowest BCUT2D eigenvalue weighted by atomic mass is 10.2. The first-order valence-corrected chi connectivity index (χ1v) is 7.14. The van der Waals surface area contributed by atoms with E-state index < -0.39 is 0 Å². The predicted molar refractivity (Wildman–Crippen MR) is 97.7 cm³/mol. The third-order valence-corrected chi connectivity index (χ3v) is 3.54. The van der Waals surface area contributed by atoms with Gasteiger partial charge in [0.25, 0.3) is 0 Å². The van der Waals surface area contributed by atoms with Crippen molar-refractivity contribution in [2.24, 2.45) is 4.99 Å². The van der Waals surface area contributed by atoms with E-state index in [1.165, 1.54) is 12.3 Å². The fourth-order valence-corrected chi connectivity index (χ4v) is 2.10. The molecule has 1 N–H and O–H groups in total. The van der Waals surface area contributed by atoms with E-state index in [0.717, 1.165) is 11.3 Å². The molecule has 0 aliphatic rings. The first kappa shape index (κ1) is 18.9. The minimum absolute atomic E-state index is 0. The zero-order valence-electron chi connectivity index (χ0n) is 12.2. The van der Waals surface area contributed by atoms with Gasteiger partial charge in [-0.3, -0.25) is 4.99 Å². The van der Waals surface area contributed by atoms with E-state index in [-0.39, 0.29) is 29.8 Å². The molecule has 0 fully saturated rings. The molecule has 0 aliphatic carbocycles. The molecule has 0 amide bonds. The van der Waals surface area contributed by atoms with Gasteiger partial charge in [-0.15, -0.1) is 24.0 Å². The summed E-state index contributed by atoms with van der Waals surface area (Å²) in [7, 11) is 3.59. The van der Waals surface area contributed by atoms with E-state index in [2.05, 4.69) is 31.4 Å². The van der Waals surface area contributed by atoms with E-state index in [4.69, 9.17) is 4.52 Å². The van der Waals surface area contributed by atoms with Crippen molar-refractivity contribution in [3.8, 4) is 0 Å². The highest BCUT2D eigenvalue weighted by Crippen LogP contribution is 2.16. The second-order valence-electron chi connectivity index (χ2n) is 4.50. The summed E-state index contributed by atoms with van der Waals surface area (Å²) in [5, 5.41) is 7.04. The molecule has 0 atom stereocenters. The van der Waals surface area contributed by atoms with Crippen LogP contribution in [0.3, 0.4) is 0 Å². The average Bonchev–Trinajstić information content (AvgIpc) is 2.96. The smallest absolute Gasteiger partial charge is 0.194 e. The van der Waals surface area contributed by atoms with Gasteiger partial charge in [0.15, 0.2) is 5.96 Å². The summed E-state index contributed by atoms with van der Waals surface area (Å²) in [5.74, 6) is 0.418. The van der Waals surface area contributed by atoms with Crippen LogP contribution in [0.25, 0.3) is 0 Å². The maximum absolute atomic E-state index is 13.5. The van der Waals surface area contributed by atoms with Crippen molar-refractivity contribution < 1.29 is 8.91 Å². The number of benzene rings is 1. The second-order valence-corrected chi connectivity index (χ2v) is 5.35. The molecule has 8 heteroatoms. The van der Waals surface area contributed by atoms with Gasteiger partial charge in [0.05, 0.1) is 11.0 Å². The molecule has 2 aromatic rings. The number of nitrogens with zero attached hydrogens (tertiary/aromatic N) is 3. The molecule has 0 unspecified atom stereocenters. The summed E-state index contributed by atoms with van der Waals surface area (Å²) in [6.07, 6.45) is 1.53. The quantitative estimate of drug-likeness (QED) is 0.412. The van der Waals surface area contributed by atoms with Crippen molar-refractivity contribution in [1.29, 1.82) is 0 Å². The molecule has 0 aliphatic heterocycles. The third-order valence-electron chi connectivity index (χ3n) is 2.90. The zero-order valence-corrected chi connectivity index (χ0v) is 16.1. The van der Waals surface area contributed by atoms with E-state index in [0.29, 0.717) is 23.5 Å². The number of rotatable bonds is 4. The van der Waals surface area contributed by atoms with Crippen molar-refractivity contribution >= 4 is 45.9 Å². The van der Waals surface area contributed by atoms with E-state index >= 15 is 0 Å². The molecule has 0 saturated heterocycles. The molecule has 1 aromatic heterocycles. The second kappa shape index (κ2) is 9.09. The molecule has 2 rings (SSSR count). The Hall–Kier alpha value is -1.16. The highest BCUT2D eigenvalue weighted by atomic mass is 127. The standard InChI is InChI=1S/C14H16BrFN4O.HI/c1-17-14(20(2)9-11-5-6-21-19-11)18-8-10-3-4-12(15)13(16)7-10;/h3-7H,8-9H2,1-2H3,(H,17,18);1H. The van der Waals surface area contributed by atoms with Gasteiger partial charge in [-0.1, -0.05) is 11.2 Å². The number of halogens is 3. The zero-order chi connectivity index (χ0) is 15.2. The van der Waals surface area contributed by atoms with Crippen molar-refractivity contribution in [1.82, 2.24) is 15.4 Å². The van der Waals surface area contributed by atoms with Crippen LogP contribution in [0.4, 0.5) is 4.39 Å². The fraction of sp³-hybridized carbons (Fsp3) is 0.286. The Labute approximate surface area is 154 Å². The highest BCUT2D eigenvalue weighted by Gasteiger charge is 2.09. The number of aromatic nitrogens is 1. The SMILES string of the molecule is CN=C(NCc1ccc(Br)c(F)c1)N(C)Cc1ccon1.I. The van der Waals surface area contributed by atoms with Crippen LogP contribution in [-0.2, 0) is 13.1 Å². The van der Waals surface area contributed by atoms with Crippen molar-refractivity contribution in [2.75, 3.05) is 14.1 Å². The molecule has 1 aromatic carbocycles. The number of aliphatic imine (C=N–C) groups is 1. The Kier molecular flexibility index (Phi) is 7.80. The lowest BCUT2D eigenvalue weighted by molar-refractivity contribution is 0.391. The van der Waals surface area contributed by atoms with Crippen LogP contribution in [-0.4, -0.2) is 30.1 Å². The number of nitrogens with one attached hydrogen (secondary N) is 1. The van der Waals surface area contributed by atoms with Crippen molar-refractivity contribution in [3.63, 3.8) is 0 Å². The van der Waals surface area contributed by atoms with E-state index in [1.54, 1.807) is 19.2 Å².